The van der Waals surface area contributed by atoms with Crippen LogP contribution in [0.3, 0.4) is 0 Å². The number of nitrogens with zero attached hydrogens (tertiary/aromatic N) is 2. The second kappa shape index (κ2) is 8.90. The Morgan fingerprint density at radius 3 is 2.46 bits per heavy atom. The number of carbonyl (C=O) groups excluding carboxylic acids is 2. The van der Waals surface area contributed by atoms with Crippen LogP contribution < -0.4 is 10.6 Å². The molecule has 0 saturated carbocycles. The van der Waals surface area contributed by atoms with E-state index in [2.05, 4.69) is 15.5 Å². The van der Waals surface area contributed by atoms with Crippen LogP contribution in [0.25, 0.3) is 0 Å². The van der Waals surface area contributed by atoms with Gasteiger partial charge in [-0.1, -0.05) is 18.2 Å². The molecule has 1 fully saturated rings. The van der Waals surface area contributed by atoms with Gasteiger partial charge in [-0.3, -0.25) is 14.9 Å². The van der Waals surface area contributed by atoms with Crippen molar-refractivity contribution in [1.29, 1.82) is 0 Å². The van der Waals surface area contributed by atoms with Crippen molar-refractivity contribution in [2.45, 2.75) is 0 Å². The Morgan fingerprint density at radius 1 is 1.04 bits per heavy atom. The number of rotatable bonds is 3. The van der Waals surface area contributed by atoms with Crippen molar-refractivity contribution in [2.75, 3.05) is 38.5 Å². The van der Waals surface area contributed by atoms with Crippen molar-refractivity contribution >= 4 is 34.8 Å². The van der Waals surface area contributed by atoms with Crippen molar-refractivity contribution in [2.24, 2.45) is 0 Å². The number of halogens is 1. The molecule has 1 heterocycles. The third-order valence-corrected chi connectivity index (χ3v) is 4.71. The molecule has 0 spiro atoms. The molecule has 2 N–H and O–H groups in total. The van der Waals surface area contributed by atoms with Gasteiger partial charge in [-0.15, -0.1) is 0 Å². The average Bonchev–Trinajstić information content (AvgIpc) is 2.68. The maximum Gasteiger partial charge on any atom is 0.260 e. The molecule has 0 atom stereocenters. The molecule has 28 heavy (non-hydrogen) atoms. The Bertz CT molecular complexity index is 897. The lowest BCUT2D eigenvalue weighted by molar-refractivity contribution is 0.0664. The quantitative estimate of drug-likeness (QED) is 0.775. The molecule has 2 aromatic carbocycles. The number of amides is 2. The van der Waals surface area contributed by atoms with Crippen molar-refractivity contribution in [3.05, 3.63) is 65.5 Å². The van der Waals surface area contributed by atoms with Gasteiger partial charge in [0.25, 0.3) is 11.8 Å². The van der Waals surface area contributed by atoms with Gasteiger partial charge in [-0.05, 0) is 49.6 Å². The van der Waals surface area contributed by atoms with Gasteiger partial charge in [0.15, 0.2) is 5.11 Å². The molecule has 0 aliphatic carbocycles. The van der Waals surface area contributed by atoms with Gasteiger partial charge in [0.1, 0.15) is 5.82 Å². The Kier molecular flexibility index (Phi) is 6.33. The lowest BCUT2D eigenvalue weighted by Crippen LogP contribution is -2.47. The number of benzene rings is 2. The number of likely N-dealkylation sites (N-methyl/N-ethyl adjacent to an activating group) is 1. The van der Waals surface area contributed by atoms with Crippen LogP contribution >= 0.6 is 12.2 Å². The molecule has 3 rings (SSSR count). The monoisotopic (exact) mass is 400 g/mol. The standard InChI is InChI=1S/C20H21FN4O2S/c1-24-9-11-25(12-10-24)19(27)14-5-4-6-15(13-14)22-20(28)23-18(26)16-7-2-3-8-17(16)21/h2-8,13H,9-12H2,1H3,(H2,22,23,26,28). The molecule has 0 bridgehead atoms. The predicted octanol–water partition coefficient (Wildman–Crippen LogP) is 2.34. The SMILES string of the molecule is CN1CCN(C(=O)c2cccc(NC(=S)NC(=O)c3ccccc3F)c2)CC1. The third kappa shape index (κ3) is 4.90. The molecule has 1 aliphatic heterocycles. The average molecular weight is 400 g/mol. The summed E-state index contributed by atoms with van der Waals surface area (Å²) in [6, 6.07) is 12.6. The Balaban J connectivity index is 1.62. The number of carbonyl (C=O) groups is 2. The number of anilines is 1. The summed E-state index contributed by atoms with van der Waals surface area (Å²) >= 11 is 5.14. The molecule has 0 radical (unpaired) electrons. The van der Waals surface area contributed by atoms with Crippen LogP contribution in [0, 0.1) is 5.82 Å². The van der Waals surface area contributed by atoms with Crippen LogP contribution in [0.2, 0.25) is 0 Å². The van der Waals surface area contributed by atoms with E-state index in [0.29, 0.717) is 24.3 Å². The topological polar surface area (TPSA) is 64.7 Å². The molecular weight excluding hydrogens is 379 g/mol. The lowest BCUT2D eigenvalue weighted by atomic mass is 10.1. The van der Waals surface area contributed by atoms with Gasteiger partial charge in [-0.25, -0.2) is 4.39 Å². The minimum atomic E-state index is -0.639. The van der Waals surface area contributed by atoms with Gasteiger partial charge >= 0.3 is 0 Å². The molecule has 0 aromatic heterocycles. The van der Waals surface area contributed by atoms with E-state index in [-0.39, 0.29) is 16.6 Å². The number of thiocarbonyl (C=S) groups is 1. The van der Waals surface area contributed by atoms with E-state index >= 15 is 0 Å². The largest absolute Gasteiger partial charge is 0.336 e. The van der Waals surface area contributed by atoms with Gasteiger partial charge in [0.05, 0.1) is 5.56 Å². The number of hydrogen-bond donors (Lipinski definition) is 2. The first kappa shape index (κ1) is 19.9. The smallest absolute Gasteiger partial charge is 0.260 e. The summed E-state index contributed by atoms with van der Waals surface area (Å²) < 4.78 is 13.7. The van der Waals surface area contributed by atoms with E-state index in [9.17, 15) is 14.0 Å². The van der Waals surface area contributed by atoms with Crippen LogP contribution in [0.1, 0.15) is 20.7 Å². The maximum atomic E-state index is 13.7. The van der Waals surface area contributed by atoms with Crippen molar-refractivity contribution in [1.82, 2.24) is 15.1 Å². The summed E-state index contributed by atoms with van der Waals surface area (Å²) in [5.74, 6) is -1.30. The molecule has 6 nitrogen and oxygen atoms in total. The molecule has 0 unspecified atom stereocenters. The van der Waals surface area contributed by atoms with Crippen LogP contribution in [0.4, 0.5) is 10.1 Å². The highest BCUT2D eigenvalue weighted by atomic mass is 32.1. The number of piperazine rings is 1. The Hall–Kier alpha value is -2.84. The van der Waals surface area contributed by atoms with Crippen molar-refractivity contribution in [3.63, 3.8) is 0 Å². The zero-order chi connectivity index (χ0) is 20.1. The van der Waals surface area contributed by atoms with Crippen molar-refractivity contribution in [3.8, 4) is 0 Å². The fourth-order valence-corrected chi connectivity index (χ4v) is 3.11. The van der Waals surface area contributed by atoms with Crippen LogP contribution in [-0.4, -0.2) is 60.0 Å². The summed E-state index contributed by atoms with van der Waals surface area (Å²) in [6.45, 7) is 3.06. The predicted molar refractivity (Wildman–Crippen MR) is 110 cm³/mol. The molecule has 146 valence electrons. The highest BCUT2D eigenvalue weighted by molar-refractivity contribution is 7.80. The van der Waals surface area contributed by atoms with E-state index < -0.39 is 11.7 Å². The third-order valence-electron chi connectivity index (χ3n) is 4.50. The minimum Gasteiger partial charge on any atom is -0.336 e. The van der Waals surface area contributed by atoms with Gasteiger partial charge in [0, 0.05) is 37.4 Å². The summed E-state index contributed by atoms with van der Waals surface area (Å²) in [6.07, 6.45) is 0. The number of hydrogen-bond acceptors (Lipinski definition) is 4. The fourth-order valence-electron chi connectivity index (χ4n) is 2.90. The zero-order valence-corrected chi connectivity index (χ0v) is 16.3. The van der Waals surface area contributed by atoms with Gasteiger partial charge < -0.3 is 15.1 Å². The first-order chi connectivity index (χ1) is 13.4. The molecule has 1 saturated heterocycles. The highest BCUT2D eigenvalue weighted by Crippen LogP contribution is 2.14. The molecule has 2 aromatic rings. The zero-order valence-electron chi connectivity index (χ0n) is 15.4. The van der Waals surface area contributed by atoms with Gasteiger partial charge in [0.2, 0.25) is 0 Å². The summed E-state index contributed by atoms with van der Waals surface area (Å²) in [5, 5.41) is 5.33. The Morgan fingerprint density at radius 2 is 1.75 bits per heavy atom. The van der Waals surface area contributed by atoms with Crippen LogP contribution in [0.5, 0.6) is 0 Å². The first-order valence-electron chi connectivity index (χ1n) is 8.89. The fraction of sp³-hybridized carbons (Fsp3) is 0.250. The van der Waals surface area contributed by atoms with E-state index in [1.165, 1.54) is 18.2 Å². The Labute approximate surface area is 168 Å². The van der Waals surface area contributed by atoms with Crippen LogP contribution in [0.15, 0.2) is 48.5 Å². The van der Waals surface area contributed by atoms with E-state index in [4.69, 9.17) is 12.2 Å². The highest BCUT2D eigenvalue weighted by Gasteiger charge is 2.20. The van der Waals surface area contributed by atoms with E-state index in [1.807, 2.05) is 11.9 Å². The van der Waals surface area contributed by atoms with Crippen molar-refractivity contribution < 1.29 is 14.0 Å². The second-order valence-corrected chi connectivity index (χ2v) is 6.97. The molecule has 1 aliphatic rings. The van der Waals surface area contributed by atoms with Gasteiger partial charge in [-0.2, -0.15) is 0 Å². The van der Waals surface area contributed by atoms with E-state index in [1.54, 1.807) is 30.3 Å². The summed E-state index contributed by atoms with van der Waals surface area (Å²) in [5.41, 5.74) is 1.02. The normalized spacial score (nSPS) is 14.4. The van der Waals surface area contributed by atoms with Crippen LogP contribution in [-0.2, 0) is 0 Å². The lowest BCUT2D eigenvalue weighted by Gasteiger charge is -2.32. The summed E-state index contributed by atoms with van der Waals surface area (Å²) in [7, 11) is 2.03. The maximum absolute atomic E-state index is 13.7. The molecular formula is C20H21FN4O2S. The summed E-state index contributed by atoms with van der Waals surface area (Å²) in [4.78, 5) is 28.8. The minimum absolute atomic E-state index is 0.0254. The molecule has 8 heteroatoms. The second-order valence-electron chi connectivity index (χ2n) is 6.56. The first-order valence-corrected chi connectivity index (χ1v) is 9.29. The number of nitrogens with one attached hydrogen (secondary N) is 2. The van der Waals surface area contributed by atoms with E-state index in [0.717, 1.165) is 13.1 Å². The molecule has 2 amide bonds.